The largest absolute Gasteiger partial charge is 0.453 e. The normalized spacial score (nSPS) is 11.1. The third-order valence-corrected chi connectivity index (χ3v) is 6.13. The standard InChI is InChI=1S/C24H23FN4O2S/c1-3-29(4-2)15-17-14-20-23(32-17)22(10-12-27-20)31-21-9-8-16(13-18(21)25)28-24(30)19-7-5-6-11-26-19/h5-14H,3-4,15H2,1-2H3,(H,28,30). The zero-order valence-electron chi connectivity index (χ0n) is 17.8. The third-order valence-electron chi connectivity index (χ3n) is 5.01. The zero-order valence-corrected chi connectivity index (χ0v) is 18.7. The Balaban J connectivity index is 1.52. The van der Waals surface area contributed by atoms with E-state index in [9.17, 15) is 9.18 Å². The van der Waals surface area contributed by atoms with Crippen molar-refractivity contribution in [2.75, 3.05) is 18.4 Å². The number of hydrogen-bond acceptors (Lipinski definition) is 6. The predicted molar refractivity (Wildman–Crippen MR) is 125 cm³/mol. The van der Waals surface area contributed by atoms with Gasteiger partial charge in [0.25, 0.3) is 5.91 Å². The van der Waals surface area contributed by atoms with Crippen LogP contribution in [0.25, 0.3) is 10.2 Å². The molecule has 0 aliphatic rings. The Bertz CT molecular complexity index is 1230. The Morgan fingerprint density at radius 3 is 2.62 bits per heavy atom. The molecule has 0 atom stereocenters. The summed E-state index contributed by atoms with van der Waals surface area (Å²) < 4.78 is 21.5. The van der Waals surface area contributed by atoms with Gasteiger partial charge in [-0.2, -0.15) is 0 Å². The van der Waals surface area contributed by atoms with E-state index in [0.717, 1.165) is 29.9 Å². The molecule has 1 amide bonds. The van der Waals surface area contributed by atoms with Gasteiger partial charge in [0, 0.05) is 41.6 Å². The topological polar surface area (TPSA) is 67.3 Å². The van der Waals surface area contributed by atoms with Crippen LogP contribution in [0.15, 0.2) is 60.9 Å². The Hall–Kier alpha value is -3.36. The van der Waals surface area contributed by atoms with Crippen molar-refractivity contribution >= 4 is 33.1 Å². The number of halogens is 1. The summed E-state index contributed by atoms with van der Waals surface area (Å²) in [6, 6.07) is 13.1. The number of anilines is 1. The van der Waals surface area contributed by atoms with Crippen LogP contribution in [0.5, 0.6) is 11.5 Å². The minimum Gasteiger partial charge on any atom is -0.453 e. The first-order valence-electron chi connectivity index (χ1n) is 10.4. The monoisotopic (exact) mass is 450 g/mol. The summed E-state index contributed by atoms with van der Waals surface area (Å²) in [5, 5.41) is 2.64. The van der Waals surface area contributed by atoms with E-state index in [1.807, 2.05) is 0 Å². The number of nitrogens with one attached hydrogen (secondary N) is 1. The number of carbonyl (C=O) groups excluding carboxylic acids is 1. The molecule has 0 aliphatic carbocycles. The number of fused-ring (bicyclic) bond motifs is 1. The van der Waals surface area contributed by atoms with Crippen molar-refractivity contribution in [1.82, 2.24) is 14.9 Å². The van der Waals surface area contributed by atoms with Crippen LogP contribution in [0.4, 0.5) is 10.1 Å². The lowest BCUT2D eigenvalue weighted by atomic mass is 10.2. The molecule has 0 fully saturated rings. The van der Waals surface area contributed by atoms with E-state index in [4.69, 9.17) is 4.74 Å². The van der Waals surface area contributed by atoms with Gasteiger partial charge in [0.15, 0.2) is 11.6 Å². The van der Waals surface area contributed by atoms with E-state index in [0.29, 0.717) is 11.4 Å². The maximum Gasteiger partial charge on any atom is 0.274 e. The number of thiophene rings is 1. The number of hydrogen-bond donors (Lipinski definition) is 1. The smallest absolute Gasteiger partial charge is 0.274 e. The molecule has 3 heterocycles. The van der Waals surface area contributed by atoms with Crippen LogP contribution in [-0.4, -0.2) is 33.9 Å². The number of aromatic nitrogens is 2. The summed E-state index contributed by atoms with van der Waals surface area (Å²) in [5.41, 5.74) is 1.41. The van der Waals surface area contributed by atoms with E-state index in [-0.39, 0.29) is 11.4 Å². The highest BCUT2D eigenvalue weighted by Crippen LogP contribution is 2.36. The molecule has 3 aromatic heterocycles. The van der Waals surface area contributed by atoms with E-state index >= 15 is 0 Å². The molecule has 1 aromatic carbocycles. The highest BCUT2D eigenvalue weighted by atomic mass is 32.1. The van der Waals surface area contributed by atoms with Gasteiger partial charge in [-0.15, -0.1) is 11.3 Å². The Kier molecular flexibility index (Phi) is 6.72. The molecule has 0 radical (unpaired) electrons. The number of carbonyl (C=O) groups is 1. The van der Waals surface area contributed by atoms with Gasteiger partial charge in [-0.05, 0) is 43.4 Å². The molecule has 1 N–H and O–H groups in total. The van der Waals surface area contributed by atoms with Crippen LogP contribution in [0.1, 0.15) is 29.2 Å². The molecule has 0 aliphatic heterocycles. The molecule has 4 rings (SSSR count). The van der Waals surface area contributed by atoms with E-state index in [1.165, 1.54) is 23.2 Å². The van der Waals surface area contributed by atoms with Crippen LogP contribution < -0.4 is 10.1 Å². The lowest BCUT2D eigenvalue weighted by Crippen LogP contribution is -2.21. The van der Waals surface area contributed by atoms with Gasteiger partial charge in [-0.25, -0.2) is 4.39 Å². The fraction of sp³-hybridized carbons (Fsp3) is 0.208. The number of pyridine rings is 2. The van der Waals surface area contributed by atoms with E-state index in [1.54, 1.807) is 47.9 Å². The second-order valence-electron chi connectivity index (χ2n) is 7.11. The second kappa shape index (κ2) is 9.84. The molecule has 0 unspecified atom stereocenters. The third kappa shape index (κ3) is 4.92. The number of amides is 1. The molecule has 32 heavy (non-hydrogen) atoms. The van der Waals surface area contributed by atoms with Gasteiger partial charge in [0.05, 0.1) is 10.2 Å². The first-order chi connectivity index (χ1) is 15.6. The van der Waals surface area contributed by atoms with Crippen molar-refractivity contribution in [3.63, 3.8) is 0 Å². The van der Waals surface area contributed by atoms with Crippen LogP contribution in [-0.2, 0) is 6.54 Å². The van der Waals surface area contributed by atoms with Crippen molar-refractivity contribution in [1.29, 1.82) is 0 Å². The number of ether oxygens (including phenoxy) is 1. The van der Waals surface area contributed by atoms with E-state index in [2.05, 4.69) is 40.1 Å². The highest BCUT2D eigenvalue weighted by Gasteiger charge is 2.14. The maximum atomic E-state index is 14.7. The number of benzene rings is 1. The molecule has 164 valence electrons. The quantitative estimate of drug-likeness (QED) is 0.372. The molecule has 8 heteroatoms. The van der Waals surface area contributed by atoms with Crippen molar-refractivity contribution in [3.8, 4) is 11.5 Å². The van der Waals surface area contributed by atoms with Crippen LogP contribution in [0, 0.1) is 5.82 Å². The van der Waals surface area contributed by atoms with Crippen LogP contribution >= 0.6 is 11.3 Å². The van der Waals surface area contributed by atoms with Gasteiger partial charge in [-0.3, -0.25) is 19.7 Å². The summed E-state index contributed by atoms with van der Waals surface area (Å²) in [6.45, 7) is 7.04. The zero-order chi connectivity index (χ0) is 22.5. The van der Waals surface area contributed by atoms with Crippen molar-refractivity contribution in [2.45, 2.75) is 20.4 Å². The molecule has 4 aromatic rings. The average Bonchev–Trinajstić information content (AvgIpc) is 3.23. The first kappa shape index (κ1) is 21.9. The van der Waals surface area contributed by atoms with Gasteiger partial charge in [0.2, 0.25) is 0 Å². The first-order valence-corrected chi connectivity index (χ1v) is 11.2. The minimum absolute atomic E-state index is 0.0760. The molecule has 6 nitrogen and oxygen atoms in total. The van der Waals surface area contributed by atoms with Gasteiger partial charge < -0.3 is 10.1 Å². The molecular weight excluding hydrogens is 427 g/mol. The molecular formula is C24H23FN4O2S. The van der Waals surface area contributed by atoms with Crippen molar-refractivity contribution in [3.05, 3.63) is 77.3 Å². The Morgan fingerprint density at radius 1 is 1.06 bits per heavy atom. The lowest BCUT2D eigenvalue weighted by Gasteiger charge is -2.16. The van der Waals surface area contributed by atoms with Crippen molar-refractivity contribution in [2.24, 2.45) is 0 Å². The lowest BCUT2D eigenvalue weighted by molar-refractivity contribution is 0.102. The SMILES string of the molecule is CCN(CC)Cc1cc2nccc(Oc3ccc(NC(=O)c4ccccn4)cc3F)c2s1. The van der Waals surface area contributed by atoms with Crippen LogP contribution in [0.3, 0.4) is 0 Å². The number of rotatable bonds is 8. The fourth-order valence-electron chi connectivity index (χ4n) is 3.26. The predicted octanol–water partition coefficient (Wildman–Crippen LogP) is 5.72. The summed E-state index contributed by atoms with van der Waals surface area (Å²) in [7, 11) is 0. The molecule has 0 spiro atoms. The summed E-state index contributed by atoms with van der Waals surface area (Å²) in [6.07, 6.45) is 3.19. The maximum absolute atomic E-state index is 14.7. The highest BCUT2D eigenvalue weighted by molar-refractivity contribution is 7.19. The van der Waals surface area contributed by atoms with Gasteiger partial charge in [0.1, 0.15) is 11.4 Å². The van der Waals surface area contributed by atoms with Crippen LogP contribution in [0.2, 0.25) is 0 Å². The minimum atomic E-state index is -0.575. The van der Waals surface area contributed by atoms with E-state index < -0.39 is 11.7 Å². The second-order valence-corrected chi connectivity index (χ2v) is 8.25. The van der Waals surface area contributed by atoms with Gasteiger partial charge >= 0.3 is 0 Å². The molecule has 0 saturated carbocycles. The average molecular weight is 451 g/mol. The Morgan fingerprint density at radius 2 is 1.91 bits per heavy atom. The van der Waals surface area contributed by atoms with Crippen molar-refractivity contribution < 1.29 is 13.9 Å². The summed E-state index contributed by atoms with van der Waals surface area (Å²) in [5.74, 6) is -0.357. The number of nitrogens with zero attached hydrogens (tertiary/aromatic N) is 3. The van der Waals surface area contributed by atoms with Gasteiger partial charge in [-0.1, -0.05) is 19.9 Å². The fourth-order valence-corrected chi connectivity index (χ4v) is 4.37. The molecule has 0 bridgehead atoms. The summed E-state index contributed by atoms with van der Waals surface area (Å²) in [4.78, 5) is 24.2. The molecule has 0 saturated heterocycles. The summed E-state index contributed by atoms with van der Waals surface area (Å²) >= 11 is 1.60. The Labute approximate surface area is 189 Å².